The van der Waals surface area contributed by atoms with Crippen LogP contribution < -0.4 is 11.0 Å². The van der Waals surface area contributed by atoms with Crippen LogP contribution in [0.25, 0.3) is 0 Å². The number of benzene rings is 1. The minimum absolute atomic E-state index is 0.711. The van der Waals surface area contributed by atoms with Crippen molar-refractivity contribution in [2.75, 3.05) is 5.73 Å². The lowest BCUT2D eigenvalue weighted by molar-refractivity contribution is 1.50. The summed E-state index contributed by atoms with van der Waals surface area (Å²) in [4.78, 5) is 0. The summed E-state index contributed by atoms with van der Waals surface area (Å²) in [5.41, 5.74) is 7.36. The van der Waals surface area contributed by atoms with E-state index in [4.69, 9.17) is 17.3 Å². The third-order valence-corrected chi connectivity index (χ3v) is 2.62. The van der Waals surface area contributed by atoms with Crippen molar-refractivity contribution in [3.05, 3.63) is 22.7 Å². The molecular formula is C9H15ClNP. The molecule has 1 atom stereocenters. The Labute approximate surface area is 81.5 Å². The van der Waals surface area contributed by atoms with Crippen molar-refractivity contribution in [1.82, 2.24) is 0 Å². The number of hydrogen-bond donors (Lipinski definition) is 1. The van der Waals surface area contributed by atoms with Gasteiger partial charge in [-0.25, -0.2) is 0 Å². The minimum Gasteiger partial charge on any atom is -0.399 e. The van der Waals surface area contributed by atoms with Gasteiger partial charge < -0.3 is 5.73 Å². The van der Waals surface area contributed by atoms with Crippen molar-refractivity contribution in [3.63, 3.8) is 0 Å². The van der Waals surface area contributed by atoms with E-state index in [2.05, 4.69) is 9.24 Å². The molecule has 0 aliphatic carbocycles. The van der Waals surface area contributed by atoms with E-state index >= 15 is 0 Å². The second-order valence-corrected chi connectivity index (χ2v) is 3.22. The normalized spacial score (nSPS) is 8.75. The topological polar surface area (TPSA) is 26.0 Å². The standard InChI is InChI=1S/C7H9ClNP.C2H6/c1-4-2-5(9)3-6(8)7(4)10;1-2/h2-3H,9-10H2,1H3;1-2H3. The highest BCUT2D eigenvalue weighted by molar-refractivity contribution is 7.28. The first-order valence-corrected chi connectivity index (χ1v) is 4.88. The van der Waals surface area contributed by atoms with Gasteiger partial charge in [-0.1, -0.05) is 25.4 Å². The first kappa shape index (κ1) is 11.7. The fraction of sp³-hybridized carbons (Fsp3) is 0.333. The number of anilines is 1. The van der Waals surface area contributed by atoms with E-state index in [0.29, 0.717) is 10.7 Å². The molecule has 68 valence electrons. The molecule has 0 aromatic heterocycles. The fourth-order valence-electron chi connectivity index (χ4n) is 0.782. The van der Waals surface area contributed by atoms with Gasteiger partial charge in [-0.2, -0.15) is 0 Å². The first-order valence-electron chi connectivity index (χ1n) is 3.92. The smallest absolute Gasteiger partial charge is 0.0500 e. The van der Waals surface area contributed by atoms with Gasteiger partial charge in [-0.05, 0) is 29.9 Å². The van der Waals surface area contributed by atoms with E-state index in [1.165, 1.54) is 0 Å². The number of aryl methyl sites for hydroxylation is 1. The largest absolute Gasteiger partial charge is 0.399 e. The average molecular weight is 204 g/mol. The molecule has 0 spiro atoms. The van der Waals surface area contributed by atoms with Crippen LogP contribution in [0.1, 0.15) is 19.4 Å². The van der Waals surface area contributed by atoms with Gasteiger partial charge in [0.05, 0.1) is 5.02 Å². The maximum Gasteiger partial charge on any atom is 0.0500 e. The summed E-state index contributed by atoms with van der Waals surface area (Å²) < 4.78 is 0. The molecule has 0 saturated carbocycles. The van der Waals surface area contributed by atoms with E-state index in [1.54, 1.807) is 6.07 Å². The molecular weight excluding hydrogens is 189 g/mol. The lowest BCUT2D eigenvalue weighted by atomic mass is 10.2. The van der Waals surface area contributed by atoms with E-state index in [9.17, 15) is 0 Å². The second kappa shape index (κ2) is 5.40. The summed E-state index contributed by atoms with van der Waals surface area (Å²) in [5, 5.41) is 1.73. The van der Waals surface area contributed by atoms with Crippen molar-refractivity contribution in [2.45, 2.75) is 20.8 Å². The molecule has 0 fully saturated rings. The van der Waals surface area contributed by atoms with Crippen LogP contribution in [0.3, 0.4) is 0 Å². The average Bonchev–Trinajstić information content (AvgIpc) is 2.04. The summed E-state index contributed by atoms with van der Waals surface area (Å²) in [6.07, 6.45) is 0. The molecule has 12 heavy (non-hydrogen) atoms. The quantitative estimate of drug-likeness (QED) is 0.509. The zero-order chi connectivity index (χ0) is 9.72. The Balaban J connectivity index is 0.000000561. The van der Waals surface area contributed by atoms with Crippen molar-refractivity contribution < 1.29 is 0 Å². The Kier molecular flexibility index (Phi) is 5.28. The lowest BCUT2D eigenvalue weighted by Gasteiger charge is -2.02. The Morgan fingerprint density at radius 1 is 1.33 bits per heavy atom. The Hall–Kier alpha value is -0.260. The van der Waals surface area contributed by atoms with Gasteiger partial charge in [0, 0.05) is 5.69 Å². The monoisotopic (exact) mass is 203 g/mol. The van der Waals surface area contributed by atoms with E-state index in [1.807, 2.05) is 26.8 Å². The minimum atomic E-state index is 0.711. The van der Waals surface area contributed by atoms with Gasteiger partial charge in [0.15, 0.2) is 0 Å². The summed E-state index contributed by atoms with van der Waals surface area (Å²) in [6.45, 7) is 5.98. The van der Waals surface area contributed by atoms with Gasteiger partial charge >= 0.3 is 0 Å². The summed E-state index contributed by atoms with van der Waals surface area (Å²) in [6, 6.07) is 3.64. The number of halogens is 1. The van der Waals surface area contributed by atoms with Crippen LogP contribution in [-0.2, 0) is 0 Å². The Morgan fingerprint density at radius 2 is 1.83 bits per heavy atom. The van der Waals surface area contributed by atoms with Crippen LogP contribution >= 0.6 is 20.8 Å². The molecule has 0 aliphatic rings. The third-order valence-electron chi connectivity index (χ3n) is 1.36. The predicted molar refractivity (Wildman–Crippen MR) is 61.3 cm³/mol. The van der Waals surface area contributed by atoms with Crippen molar-refractivity contribution in [3.8, 4) is 0 Å². The number of nitrogens with two attached hydrogens (primary N) is 1. The van der Waals surface area contributed by atoms with Gasteiger partial charge in [0.1, 0.15) is 0 Å². The Morgan fingerprint density at radius 3 is 2.25 bits per heavy atom. The highest BCUT2D eigenvalue weighted by Gasteiger charge is 1.98. The van der Waals surface area contributed by atoms with Gasteiger partial charge in [0.2, 0.25) is 0 Å². The molecule has 0 bridgehead atoms. The van der Waals surface area contributed by atoms with Crippen LogP contribution in [0.5, 0.6) is 0 Å². The summed E-state index contributed by atoms with van der Waals surface area (Å²) >= 11 is 5.82. The zero-order valence-electron chi connectivity index (χ0n) is 7.69. The van der Waals surface area contributed by atoms with Crippen LogP contribution in [0, 0.1) is 6.92 Å². The van der Waals surface area contributed by atoms with Crippen LogP contribution in [0.2, 0.25) is 5.02 Å². The molecule has 0 radical (unpaired) electrons. The molecule has 0 heterocycles. The van der Waals surface area contributed by atoms with Crippen LogP contribution in [-0.4, -0.2) is 0 Å². The zero-order valence-corrected chi connectivity index (χ0v) is 9.60. The molecule has 0 amide bonds. The molecule has 1 unspecified atom stereocenters. The van der Waals surface area contributed by atoms with Crippen molar-refractivity contribution in [2.24, 2.45) is 0 Å². The highest BCUT2D eigenvalue weighted by atomic mass is 35.5. The van der Waals surface area contributed by atoms with Crippen molar-refractivity contribution >= 4 is 31.8 Å². The second-order valence-electron chi connectivity index (χ2n) is 2.23. The maximum absolute atomic E-state index is 5.82. The molecule has 2 N–H and O–H groups in total. The van der Waals surface area contributed by atoms with E-state index in [0.717, 1.165) is 10.9 Å². The molecule has 1 aromatic carbocycles. The lowest BCUT2D eigenvalue weighted by Crippen LogP contribution is -2.00. The molecule has 0 saturated heterocycles. The SMILES string of the molecule is CC.Cc1cc(N)cc(Cl)c1P. The number of hydrogen-bond acceptors (Lipinski definition) is 1. The molecule has 3 heteroatoms. The third kappa shape index (κ3) is 3.00. The summed E-state index contributed by atoms with van der Waals surface area (Å²) in [7, 11) is 2.58. The summed E-state index contributed by atoms with van der Waals surface area (Å²) in [5.74, 6) is 0. The van der Waals surface area contributed by atoms with Crippen LogP contribution in [0.15, 0.2) is 12.1 Å². The number of rotatable bonds is 0. The van der Waals surface area contributed by atoms with Gasteiger partial charge in [-0.15, -0.1) is 9.24 Å². The predicted octanol–water partition coefficient (Wildman–Crippen LogP) is 2.76. The van der Waals surface area contributed by atoms with Crippen molar-refractivity contribution in [1.29, 1.82) is 0 Å². The molecule has 1 aromatic rings. The van der Waals surface area contributed by atoms with Gasteiger partial charge in [-0.3, -0.25) is 0 Å². The van der Waals surface area contributed by atoms with E-state index < -0.39 is 0 Å². The van der Waals surface area contributed by atoms with Crippen LogP contribution in [0.4, 0.5) is 5.69 Å². The molecule has 1 nitrogen and oxygen atoms in total. The highest BCUT2D eigenvalue weighted by Crippen LogP contribution is 2.15. The molecule has 1 rings (SSSR count). The Bertz CT molecular complexity index is 238. The molecule has 0 aliphatic heterocycles. The first-order chi connectivity index (χ1) is 5.61. The van der Waals surface area contributed by atoms with E-state index in [-0.39, 0.29) is 0 Å². The number of nitrogen functional groups attached to an aromatic ring is 1. The fourth-order valence-corrected chi connectivity index (χ4v) is 1.22. The van der Waals surface area contributed by atoms with Gasteiger partial charge in [0.25, 0.3) is 0 Å². The maximum atomic E-state index is 5.82.